The summed E-state index contributed by atoms with van der Waals surface area (Å²) in [4.78, 5) is 0. The van der Waals surface area contributed by atoms with Gasteiger partial charge in [0.25, 0.3) is 0 Å². The first-order valence-electron chi connectivity index (χ1n) is 6.77. The van der Waals surface area contributed by atoms with Crippen LogP contribution in [0.2, 0.25) is 5.02 Å². The fraction of sp³-hybridized carbons (Fsp3) is 0.533. The van der Waals surface area contributed by atoms with Gasteiger partial charge in [-0.15, -0.1) is 0 Å². The van der Waals surface area contributed by atoms with Gasteiger partial charge in [-0.05, 0) is 36.6 Å². The Kier molecular flexibility index (Phi) is 3.95. The third-order valence-electron chi connectivity index (χ3n) is 3.93. The van der Waals surface area contributed by atoms with Gasteiger partial charge >= 0.3 is 0 Å². The SMILES string of the molecule is N#CC1(c2cc(Cl)cc(C3OCCO3)c2)CCOCC1. The highest BCUT2D eigenvalue weighted by atomic mass is 35.5. The Morgan fingerprint density at radius 3 is 2.45 bits per heavy atom. The van der Waals surface area contributed by atoms with Crippen molar-refractivity contribution in [2.24, 2.45) is 0 Å². The third-order valence-corrected chi connectivity index (χ3v) is 4.15. The quantitative estimate of drug-likeness (QED) is 0.841. The van der Waals surface area contributed by atoms with E-state index in [1.165, 1.54) is 0 Å². The molecule has 4 nitrogen and oxygen atoms in total. The van der Waals surface area contributed by atoms with Crippen LogP contribution in [-0.2, 0) is 19.6 Å². The lowest BCUT2D eigenvalue weighted by molar-refractivity contribution is -0.0442. The van der Waals surface area contributed by atoms with Gasteiger partial charge in [-0.1, -0.05) is 11.6 Å². The van der Waals surface area contributed by atoms with Crippen molar-refractivity contribution in [3.63, 3.8) is 0 Å². The maximum Gasteiger partial charge on any atom is 0.184 e. The molecule has 106 valence electrons. The Bertz CT molecular complexity index is 528. The molecule has 2 saturated heterocycles. The smallest absolute Gasteiger partial charge is 0.184 e. The lowest BCUT2D eigenvalue weighted by Gasteiger charge is -2.31. The summed E-state index contributed by atoms with van der Waals surface area (Å²) in [7, 11) is 0. The summed E-state index contributed by atoms with van der Waals surface area (Å²) < 4.78 is 16.4. The zero-order valence-corrected chi connectivity index (χ0v) is 11.9. The van der Waals surface area contributed by atoms with Crippen LogP contribution in [0.25, 0.3) is 0 Å². The van der Waals surface area contributed by atoms with Crippen molar-refractivity contribution < 1.29 is 14.2 Å². The second-order valence-electron chi connectivity index (χ2n) is 5.15. The number of halogens is 1. The molecule has 3 rings (SSSR count). The highest BCUT2D eigenvalue weighted by Gasteiger charge is 2.35. The predicted molar refractivity (Wildman–Crippen MR) is 73.4 cm³/mol. The van der Waals surface area contributed by atoms with Crippen molar-refractivity contribution in [3.8, 4) is 6.07 Å². The maximum atomic E-state index is 9.63. The van der Waals surface area contributed by atoms with E-state index in [-0.39, 0.29) is 6.29 Å². The van der Waals surface area contributed by atoms with E-state index in [1.54, 1.807) is 0 Å². The summed E-state index contributed by atoms with van der Waals surface area (Å²) in [5.74, 6) is 0. The Labute approximate surface area is 123 Å². The molecule has 0 aliphatic carbocycles. The van der Waals surface area contributed by atoms with Crippen molar-refractivity contribution in [3.05, 3.63) is 34.3 Å². The highest BCUT2D eigenvalue weighted by Crippen LogP contribution is 2.37. The summed E-state index contributed by atoms with van der Waals surface area (Å²) in [6.45, 7) is 2.38. The Hall–Kier alpha value is -1.12. The van der Waals surface area contributed by atoms with E-state index in [0.717, 1.165) is 11.1 Å². The van der Waals surface area contributed by atoms with Crippen LogP contribution in [0.5, 0.6) is 0 Å². The van der Waals surface area contributed by atoms with Crippen LogP contribution in [0, 0.1) is 11.3 Å². The molecule has 0 atom stereocenters. The zero-order valence-electron chi connectivity index (χ0n) is 11.1. The molecule has 0 N–H and O–H groups in total. The summed E-state index contributed by atoms with van der Waals surface area (Å²) in [6, 6.07) is 8.15. The fourth-order valence-corrected chi connectivity index (χ4v) is 3.00. The van der Waals surface area contributed by atoms with E-state index in [2.05, 4.69) is 6.07 Å². The number of nitriles is 1. The van der Waals surface area contributed by atoms with Crippen LogP contribution >= 0.6 is 11.6 Å². The second-order valence-corrected chi connectivity index (χ2v) is 5.59. The number of ether oxygens (including phenoxy) is 3. The monoisotopic (exact) mass is 293 g/mol. The van der Waals surface area contributed by atoms with Crippen molar-refractivity contribution >= 4 is 11.6 Å². The number of hydrogen-bond acceptors (Lipinski definition) is 4. The van der Waals surface area contributed by atoms with Crippen LogP contribution in [0.1, 0.15) is 30.3 Å². The largest absolute Gasteiger partial charge is 0.381 e. The second kappa shape index (κ2) is 5.71. The summed E-state index contributed by atoms with van der Waals surface area (Å²) >= 11 is 6.21. The first kappa shape index (κ1) is 13.8. The van der Waals surface area contributed by atoms with E-state index in [0.29, 0.717) is 44.3 Å². The average Bonchev–Trinajstić information content (AvgIpc) is 3.01. The molecule has 0 bridgehead atoms. The summed E-state index contributed by atoms with van der Waals surface area (Å²) in [5, 5.41) is 10.2. The van der Waals surface area contributed by atoms with E-state index in [9.17, 15) is 5.26 Å². The molecule has 0 amide bonds. The standard InChI is InChI=1S/C15H16ClNO3/c16-13-8-11(14-19-5-6-20-14)7-12(9-13)15(10-17)1-3-18-4-2-15/h7-9,14H,1-6H2. The third kappa shape index (κ3) is 2.55. The van der Waals surface area contributed by atoms with Gasteiger partial charge in [0.15, 0.2) is 6.29 Å². The molecular formula is C15H16ClNO3. The Morgan fingerprint density at radius 2 is 1.80 bits per heavy atom. The topological polar surface area (TPSA) is 51.5 Å². The fourth-order valence-electron chi connectivity index (χ4n) is 2.76. The van der Waals surface area contributed by atoms with Gasteiger partial charge in [0.2, 0.25) is 0 Å². The lowest BCUT2D eigenvalue weighted by Crippen LogP contribution is -2.32. The molecule has 2 heterocycles. The van der Waals surface area contributed by atoms with Crippen LogP contribution in [-0.4, -0.2) is 26.4 Å². The number of rotatable bonds is 2. The zero-order chi connectivity index (χ0) is 14.0. The van der Waals surface area contributed by atoms with Gasteiger partial charge in [0.1, 0.15) is 0 Å². The van der Waals surface area contributed by atoms with Crippen LogP contribution < -0.4 is 0 Å². The normalized spacial score (nSPS) is 22.6. The van der Waals surface area contributed by atoms with E-state index in [4.69, 9.17) is 25.8 Å². The molecule has 2 fully saturated rings. The first-order chi connectivity index (χ1) is 9.73. The van der Waals surface area contributed by atoms with Gasteiger partial charge in [0.05, 0.1) is 24.7 Å². The lowest BCUT2D eigenvalue weighted by atomic mass is 9.75. The molecule has 0 aromatic heterocycles. The van der Waals surface area contributed by atoms with Gasteiger partial charge in [0, 0.05) is 23.8 Å². The summed E-state index contributed by atoms with van der Waals surface area (Å²) in [5.41, 5.74) is 1.30. The molecular weight excluding hydrogens is 278 g/mol. The van der Waals surface area contributed by atoms with E-state index < -0.39 is 5.41 Å². The number of benzene rings is 1. The molecule has 5 heteroatoms. The maximum absolute atomic E-state index is 9.63. The molecule has 0 saturated carbocycles. The Balaban J connectivity index is 1.98. The Morgan fingerprint density at radius 1 is 1.10 bits per heavy atom. The molecule has 0 spiro atoms. The molecule has 2 aliphatic rings. The minimum Gasteiger partial charge on any atom is -0.381 e. The molecule has 20 heavy (non-hydrogen) atoms. The molecule has 1 aromatic carbocycles. The van der Waals surface area contributed by atoms with Crippen LogP contribution in [0.4, 0.5) is 0 Å². The number of hydrogen-bond donors (Lipinski definition) is 0. The van der Waals surface area contributed by atoms with Gasteiger partial charge in [-0.25, -0.2) is 0 Å². The average molecular weight is 294 g/mol. The van der Waals surface area contributed by atoms with Gasteiger partial charge in [-0.3, -0.25) is 0 Å². The minimum atomic E-state index is -0.517. The number of nitrogens with zero attached hydrogens (tertiary/aromatic N) is 1. The first-order valence-corrected chi connectivity index (χ1v) is 7.14. The van der Waals surface area contributed by atoms with E-state index >= 15 is 0 Å². The van der Waals surface area contributed by atoms with Crippen molar-refractivity contribution in [1.29, 1.82) is 5.26 Å². The van der Waals surface area contributed by atoms with E-state index in [1.807, 2.05) is 18.2 Å². The minimum absolute atomic E-state index is 0.372. The van der Waals surface area contributed by atoms with Crippen LogP contribution in [0.3, 0.4) is 0 Å². The van der Waals surface area contributed by atoms with Crippen molar-refractivity contribution in [2.75, 3.05) is 26.4 Å². The predicted octanol–water partition coefficient (Wildman–Crippen LogP) is 2.96. The van der Waals surface area contributed by atoms with Gasteiger partial charge in [-0.2, -0.15) is 5.26 Å². The van der Waals surface area contributed by atoms with Crippen LogP contribution in [0.15, 0.2) is 18.2 Å². The molecule has 0 radical (unpaired) electrons. The summed E-state index contributed by atoms with van der Waals surface area (Å²) in [6.07, 6.45) is 1.01. The molecule has 2 aliphatic heterocycles. The molecule has 0 unspecified atom stereocenters. The van der Waals surface area contributed by atoms with Crippen molar-refractivity contribution in [2.45, 2.75) is 24.5 Å². The van der Waals surface area contributed by atoms with Crippen molar-refractivity contribution in [1.82, 2.24) is 0 Å². The molecule has 1 aromatic rings. The van der Waals surface area contributed by atoms with Gasteiger partial charge < -0.3 is 14.2 Å². The highest BCUT2D eigenvalue weighted by molar-refractivity contribution is 6.30.